The molecule has 0 atom stereocenters. The summed E-state index contributed by atoms with van der Waals surface area (Å²) >= 11 is 1.45. The molecule has 0 aliphatic rings. The number of nitrogens with two attached hydrogens (primary N) is 1. The van der Waals surface area contributed by atoms with E-state index in [1.807, 2.05) is 23.6 Å². The number of carbonyl (C=O) groups excluding carboxylic acids is 1. The molecule has 1 aromatic heterocycles. The molecular weight excluding hydrogens is 366 g/mol. The van der Waals surface area contributed by atoms with Crippen LogP contribution in [0.2, 0.25) is 0 Å². The molecule has 8 nitrogen and oxygen atoms in total. The van der Waals surface area contributed by atoms with Crippen LogP contribution < -0.4 is 5.73 Å². The van der Waals surface area contributed by atoms with E-state index in [1.165, 1.54) is 23.9 Å². The molecular formula is C18H17N5O3S. The molecule has 0 saturated carbocycles. The Kier molecular flexibility index (Phi) is 5.51. The summed E-state index contributed by atoms with van der Waals surface area (Å²) in [5.74, 6) is 0.699. The van der Waals surface area contributed by atoms with Crippen LogP contribution >= 0.6 is 11.8 Å². The van der Waals surface area contributed by atoms with Crippen molar-refractivity contribution in [3.05, 3.63) is 69.8 Å². The van der Waals surface area contributed by atoms with Crippen molar-refractivity contribution < 1.29 is 9.72 Å². The maximum absolute atomic E-state index is 11.6. The van der Waals surface area contributed by atoms with Crippen molar-refractivity contribution in [2.45, 2.75) is 24.4 Å². The molecule has 2 aromatic carbocycles. The molecule has 0 aliphatic carbocycles. The molecule has 3 aromatic rings. The summed E-state index contributed by atoms with van der Waals surface area (Å²) in [5.41, 5.74) is 7.52. The normalized spacial score (nSPS) is 10.7. The highest BCUT2D eigenvalue weighted by atomic mass is 32.2. The third kappa shape index (κ3) is 3.98. The second-order valence-electron chi connectivity index (χ2n) is 5.66. The van der Waals surface area contributed by atoms with Crippen molar-refractivity contribution in [1.82, 2.24) is 14.8 Å². The van der Waals surface area contributed by atoms with Crippen LogP contribution in [0.1, 0.15) is 22.8 Å². The lowest BCUT2D eigenvalue weighted by atomic mass is 10.1. The number of aromatic nitrogens is 3. The van der Waals surface area contributed by atoms with Crippen molar-refractivity contribution in [3.63, 3.8) is 0 Å². The summed E-state index contributed by atoms with van der Waals surface area (Å²) in [4.78, 5) is 21.9. The standard InChI is InChI=1S/C18H17N5O3S/c1-2-22-17(12-7-9-14(10-8-12)23(25)26)20-21-18(22)27-11-13-5-3-4-6-15(13)16(19)24/h3-10H,2,11H2,1H3,(H2,19,24). The first-order valence-corrected chi connectivity index (χ1v) is 9.18. The van der Waals surface area contributed by atoms with Gasteiger partial charge in [0.2, 0.25) is 5.91 Å². The number of amides is 1. The summed E-state index contributed by atoms with van der Waals surface area (Å²) in [7, 11) is 0. The van der Waals surface area contributed by atoms with Crippen LogP contribution in [0.5, 0.6) is 0 Å². The average molecular weight is 383 g/mol. The van der Waals surface area contributed by atoms with Crippen molar-refractivity contribution in [2.24, 2.45) is 5.73 Å². The number of hydrogen-bond acceptors (Lipinski definition) is 6. The lowest BCUT2D eigenvalue weighted by Gasteiger charge is -2.09. The van der Waals surface area contributed by atoms with Gasteiger partial charge in [-0.1, -0.05) is 30.0 Å². The number of rotatable bonds is 7. The highest BCUT2D eigenvalue weighted by Gasteiger charge is 2.16. The lowest BCUT2D eigenvalue weighted by molar-refractivity contribution is -0.384. The van der Waals surface area contributed by atoms with Gasteiger partial charge in [0, 0.05) is 35.6 Å². The van der Waals surface area contributed by atoms with Gasteiger partial charge in [-0.15, -0.1) is 10.2 Å². The third-order valence-electron chi connectivity index (χ3n) is 4.01. The maximum Gasteiger partial charge on any atom is 0.269 e. The van der Waals surface area contributed by atoms with Crippen LogP contribution in [0.3, 0.4) is 0 Å². The molecule has 27 heavy (non-hydrogen) atoms. The van der Waals surface area contributed by atoms with Crippen molar-refractivity contribution in [3.8, 4) is 11.4 Å². The number of hydrogen-bond donors (Lipinski definition) is 1. The molecule has 0 unspecified atom stereocenters. The van der Waals surface area contributed by atoms with Crippen LogP contribution in [-0.4, -0.2) is 25.6 Å². The number of nitro benzene ring substituents is 1. The van der Waals surface area contributed by atoms with Crippen LogP contribution in [0.15, 0.2) is 53.7 Å². The zero-order valence-corrected chi connectivity index (χ0v) is 15.3. The van der Waals surface area contributed by atoms with E-state index in [0.717, 1.165) is 11.1 Å². The Morgan fingerprint density at radius 1 is 1.19 bits per heavy atom. The van der Waals surface area contributed by atoms with Gasteiger partial charge in [0.1, 0.15) is 0 Å². The Bertz CT molecular complexity index is 985. The summed E-state index contributed by atoms with van der Waals surface area (Å²) in [6, 6.07) is 13.4. The summed E-state index contributed by atoms with van der Waals surface area (Å²) in [5, 5.41) is 20.0. The zero-order valence-electron chi connectivity index (χ0n) is 14.5. The second kappa shape index (κ2) is 8.00. The number of primary amides is 1. The van der Waals surface area contributed by atoms with Gasteiger partial charge in [-0.3, -0.25) is 14.9 Å². The number of nitrogens with zero attached hydrogens (tertiary/aromatic N) is 4. The summed E-state index contributed by atoms with van der Waals surface area (Å²) in [6.45, 7) is 2.61. The van der Waals surface area contributed by atoms with Gasteiger partial charge in [0.05, 0.1) is 4.92 Å². The number of carbonyl (C=O) groups is 1. The Morgan fingerprint density at radius 2 is 1.89 bits per heavy atom. The lowest BCUT2D eigenvalue weighted by Crippen LogP contribution is -2.13. The smallest absolute Gasteiger partial charge is 0.269 e. The zero-order chi connectivity index (χ0) is 19.4. The van der Waals surface area contributed by atoms with Gasteiger partial charge < -0.3 is 10.3 Å². The first kappa shape index (κ1) is 18.6. The summed E-state index contributed by atoms with van der Waals surface area (Å²) < 4.78 is 1.93. The average Bonchev–Trinajstić information content (AvgIpc) is 3.09. The number of thioether (sulfide) groups is 1. The molecule has 0 fully saturated rings. The van der Waals surface area contributed by atoms with E-state index < -0.39 is 10.8 Å². The third-order valence-corrected chi connectivity index (χ3v) is 5.02. The molecule has 0 radical (unpaired) electrons. The predicted molar refractivity (Wildman–Crippen MR) is 102 cm³/mol. The van der Waals surface area contributed by atoms with Gasteiger partial charge >= 0.3 is 0 Å². The fourth-order valence-electron chi connectivity index (χ4n) is 2.66. The van der Waals surface area contributed by atoms with E-state index in [9.17, 15) is 14.9 Å². The van der Waals surface area contributed by atoms with E-state index in [1.54, 1.807) is 24.3 Å². The molecule has 2 N–H and O–H groups in total. The van der Waals surface area contributed by atoms with E-state index >= 15 is 0 Å². The first-order chi connectivity index (χ1) is 13.0. The molecule has 0 saturated heterocycles. The fourth-order valence-corrected chi connectivity index (χ4v) is 3.66. The molecule has 3 rings (SSSR count). The van der Waals surface area contributed by atoms with Gasteiger partial charge in [-0.25, -0.2) is 0 Å². The Morgan fingerprint density at radius 3 is 2.52 bits per heavy atom. The monoisotopic (exact) mass is 383 g/mol. The first-order valence-electron chi connectivity index (χ1n) is 8.19. The van der Waals surface area contributed by atoms with Crippen molar-refractivity contribution in [2.75, 3.05) is 0 Å². The predicted octanol–water partition coefficient (Wildman–Crippen LogP) is 3.26. The van der Waals surface area contributed by atoms with E-state index in [0.29, 0.717) is 28.8 Å². The quantitative estimate of drug-likeness (QED) is 0.380. The van der Waals surface area contributed by atoms with Crippen LogP contribution in [0.4, 0.5) is 5.69 Å². The van der Waals surface area contributed by atoms with Crippen LogP contribution in [-0.2, 0) is 12.3 Å². The maximum atomic E-state index is 11.6. The molecule has 1 amide bonds. The number of benzene rings is 2. The Balaban J connectivity index is 1.84. The van der Waals surface area contributed by atoms with Crippen LogP contribution in [0, 0.1) is 10.1 Å². The Hall–Kier alpha value is -3.20. The van der Waals surface area contributed by atoms with Gasteiger partial charge in [-0.2, -0.15) is 0 Å². The van der Waals surface area contributed by atoms with Gasteiger partial charge in [0.25, 0.3) is 5.69 Å². The minimum atomic E-state index is -0.463. The van der Waals surface area contributed by atoms with Gasteiger partial charge in [0.15, 0.2) is 11.0 Å². The van der Waals surface area contributed by atoms with Crippen molar-refractivity contribution >= 4 is 23.4 Å². The topological polar surface area (TPSA) is 117 Å². The van der Waals surface area contributed by atoms with Gasteiger partial charge in [-0.05, 0) is 30.7 Å². The Labute approximate surface area is 159 Å². The molecule has 138 valence electrons. The van der Waals surface area contributed by atoms with Crippen molar-refractivity contribution in [1.29, 1.82) is 0 Å². The molecule has 0 spiro atoms. The number of nitro groups is 1. The molecule has 9 heteroatoms. The molecule has 1 heterocycles. The molecule has 0 aliphatic heterocycles. The largest absolute Gasteiger partial charge is 0.366 e. The minimum absolute atomic E-state index is 0.0268. The number of non-ortho nitro benzene ring substituents is 1. The van der Waals surface area contributed by atoms with Crippen LogP contribution in [0.25, 0.3) is 11.4 Å². The summed E-state index contributed by atoms with van der Waals surface area (Å²) in [6.07, 6.45) is 0. The van der Waals surface area contributed by atoms with E-state index in [2.05, 4.69) is 10.2 Å². The highest BCUT2D eigenvalue weighted by molar-refractivity contribution is 7.98. The SMILES string of the molecule is CCn1c(SCc2ccccc2C(N)=O)nnc1-c1ccc([N+](=O)[O-])cc1. The highest BCUT2D eigenvalue weighted by Crippen LogP contribution is 2.28. The fraction of sp³-hybridized carbons (Fsp3) is 0.167. The minimum Gasteiger partial charge on any atom is -0.366 e. The van der Waals surface area contributed by atoms with E-state index in [4.69, 9.17) is 5.73 Å². The second-order valence-corrected chi connectivity index (χ2v) is 6.61. The van der Waals surface area contributed by atoms with E-state index in [-0.39, 0.29) is 5.69 Å². The molecule has 0 bridgehead atoms.